The van der Waals surface area contributed by atoms with Crippen LogP contribution in [0.2, 0.25) is 0 Å². The van der Waals surface area contributed by atoms with E-state index in [9.17, 15) is 4.21 Å². The first-order valence-electron chi connectivity index (χ1n) is 5.05. The monoisotopic (exact) mass is 226 g/mol. The minimum atomic E-state index is -1.43. The molecule has 1 unspecified atom stereocenters. The van der Waals surface area contributed by atoms with E-state index >= 15 is 0 Å². The molecule has 1 aromatic carbocycles. The highest BCUT2D eigenvalue weighted by Crippen LogP contribution is 2.09. The average Bonchev–Trinajstić information content (AvgIpc) is 2.16. The minimum absolute atomic E-state index is 0.547. The van der Waals surface area contributed by atoms with E-state index in [0.29, 0.717) is 12.5 Å². The molecular formula is C11H18N2OS. The lowest BCUT2D eigenvalue weighted by Gasteiger charge is -2.06. The fourth-order valence-electron chi connectivity index (χ4n) is 1.42. The van der Waals surface area contributed by atoms with Gasteiger partial charge in [0.25, 0.3) is 0 Å². The second-order valence-electron chi connectivity index (χ2n) is 4.03. The van der Waals surface area contributed by atoms with Crippen LogP contribution in [0.3, 0.4) is 0 Å². The summed E-state index contributed by atoms with van der Waals surface area (Å²) >= 11 is -1.43. The zero-order valence-corrected chi connectivity index (χ0v) is 10.0. The van der Waals surface area contributed by atoms with E-state index in [1.165, 1.54) is 5.56 Å². The van der Waals surface area contributed by atoms with Gasteiger partial charge in [-0.25, -0.2) is 14.1 Å². The Balaban J connectivity index is 2.52. The molecule has 0 spiro atoms. The van der Waals surface area contributed by atoms with Gasteiger partial charge in [0.1, 0.15) is 0 Å². The average molecular weight is 226 g/mol. The third kappa shape index (κ3) is 5.06. The van der Waals surface area contributed by atoms with Crippen molar-refractivity contribution in [2.75, 3.05) is 0 Å². The molecule has 1 aromatic rings. The Bertz CT molecular complexity index is 322. The lowest BCUT2D eigenvalue weighted by Crippen LogP contribution is -2.23. The third-order valence-electron chi connectivity index (χ3n) is 2.09. The number of hydrogen-bond acceptors (Lipinski definition) is 1. The van der Waals surface area contributed by atoms with Gasteiger partial charge in [0.2, 0.25) is 0 Å². The molecule has 4 heteroatoms. The Hall–Kier alpha value is -0.710. The standard InChI is InChI=1S/C11H18N2OS/c1-9(2)7-10-3-5-11(6-4-10)8-13-15(12)14/h3-6,9,13H,7-8,12H2,1-2H3. The molecule has 15 heavy (non-hydrogen) atoms. The van der Waals surface area contributed by atoms with Crippen molar-refractivity contribution >= 4 is 11.2 Å². The van der Waals surface area contributed by atoms with Crippen molar-refractivity contribution in [1.82, 2.24) is 4.72 Å². The second-order valence-corrected chi connectivity index (χ2v) is 4.92. The van der Waals surface area contributed by atoms with Crippen molar-refractivity contribution in [3.8, 4) is 0 Å². The number of hydrogen-bond donors (Lipinski definition) is 2. The zero-order valence-electron chi connectivity index (χ0n) is 9.19. The van der Waals surface area contributed by atoms with Crippen LogP contribution in [0.25, 0.3) is 0 Å². The van der Waals surface area contributed by atoms with Gasteiger partial charge in [-0.15, -0.1) is 0 Å². The molecule has 0 radical (unpaired) electrons. The predicted octanol–water partition coefficient (Wildman–Crippen LogP) is 1.51. The number of rotatable bonds is 5. The molecule has 0 aromatic heterocycles. The summed E-state index contributed by atoms with van der Waals surface area (Å²) in [7, 11) is 0. The highest BCUT2D eigenvalue weighted by Gasteiger charge is 1.98. The van der Waals surface area contributed by atoms with Crippen molar-refractivity contribution in [2.45, 2.75) is 26.8 Å². The summed E-state index contributed by atoms with van der Waals surface area (Å²) in [6, 6.07) is 8.29. The van der Waals surface area contributed by atoms with Gasteiger partial charge < -0.3 is 0 Å². The number of benzene rings is 1. The molecule has 0 amide bonds. The summed E-state index contributed by atoms with van der Waals surface area (Å²) in [5, 5.41) is 5.10. The molecule has 0 bridgehead atoms. The maximum Gasteiger partial charge on any atom is 0.164 e. The maximum atomic E-state index is 10.6. The molecule has 0 aliphatic rings. The van der Waals surface area contributed by atoms with Crippen LogP contribution in [-0.4, -0.2) is 4.21 Å². The van der Waals surface area contributed by atoms with Crippen LogP contribution in [0.1, 0.15) is 25.0 Å². The van der Waals surface area contributed by atoms with E-state index in [0.717, 1.165) is 12.0 Å². The van der Waals surface area contributed by atoms with E-state index in [1.54, 1.807) is 0 Å². The number of nitrogens with one attached hydrogen (secondary N) is 1. The first-order chi connectivity index (χ1) is 7.08. The molecule has 3 N–H and O–H groups in total. The van der Waals surface area contributed by atoms with Gasteiger partial charge in [-0.3, -0.25) is 0 Å². The minimum Gasteiger partial charge on any atom is -0.239 e. The van der Waals surface area contributed by atoms with Crippen molar-refractivity contribution in [2.24, 2.45) is 11.1 Å². The van der Waals surface area contributed by atoms with Crippen LogP contribution >= 0.6 is 0 Å². The summed E-state index contributed by atoms with van der Waals surface area (Å²) in [4.78, 5) is 0. The summed E-state index contributed by atoms with van der Waals surface area (Å²) in [5.41, 5.74) is 2.43. The normalized spacial score (nSPS) is 13.1. The molecule has 1 rings (SSSR count). The highest BCUT2D eigenvalue weighted by atomic mass is 32.2. The molecular weight excluding hydrogens is 208 g/mol. The van der Waals surface area contributed by atoms with E-state index in [-0.39, 0.29) is 0 Å². The maximum absolute atomic E-state index is 10.6. The fraction of sp³-hybridized carbons (Fsp3) is 0.455. The zero-order chi connectivity index (χ0) is 11.3. The molecule has 0 aliphatic heterocycles. The van der Waals surface area contributed by atoms with E-state index < -0.39 is 11.2 Å². The lowest BCUT2D eigenvalue weighted by molar-refractivity contribution is 0.647. The quantitative estimate of drug-likeness (QED) is 0.785. The molecule has 84 valence electrons. The van der Waals surface area contributed by atoms with Crippen LogP contribution in [0, 0.1) is 5.92 Å². The molecule has 0 saturated carbocycles. The summed E-state index contributed by atoms with van der Waals surface area (Å²) < 4.78 is 13.3. The summed E-state index contributed by atoms with van der Waals surface area (Å²) in [6.07, 6.45) is 1.09. The Morgan fingerprint density at radius 3 is 2.27 bits per heavy atom. The molecule has 0 aliphatic carbocycles. The first-order valence-corrected chi connectivity index (χ1v) is 6.26. The predicted molar refractivity (Wildman–Crippen MR) is 64.2 cm³/mol. The van der Waals surface area contributed by atoms with E-state index in [1.807, 2.05) is 12.1 Å². The summed E-state index contributed by atoms with van der Waals surface area (Å²) in [6.45, 7) is 4.95. The Labute approximate surface area is 93.8 Å². The SMILES string of the molecule is CC(C)Cc1ccc(CNS(N)=O)cc1. The van der Waals surface area contributed by atoms with Gasteiger partial charge in [-0.05, 0) is 23.5 Å². The van der Waals surface area contributed by atoms with Gasteiger partial charge in [0, 0.05) is 6.54 Å². The van der Waals surface area contributed by atoms with Crippen LogP contribution in [-0.2, 0) is 24.1 Å². The molecule has 1 atom stereocenters. The van der Waals surface area contributed by atoms with Crippen molar-refractivity contribution in [3.05, 3.63) is 35.4 Å². The van der Waals surface area contributed by atoms with Crippen LogP contribution in [0.4, 0.5) is 0 Å². The number of nitrogens with two attached hydrogens (primary N) is 1. The van der Waals surface area contributed by atoms with Crippen molar-refractivity contribution in [1.29, 1.82) is 0 Å². The third-order valence-corrected chi connectivity index (χ3v) is 2.51. The molecule has 0 fully saturated rings. The Morgan fingerprint density at radius 2 is 1.80 bits per heavy atom. The largest absolute Gasteiger partial charge is 0.239 e. The topological polar surface area (TPSA) is 55.1 Å². The second kappa shape index (κ2) is 6.00. The van der Waals surface area contributed by atoms with Crippen LogP contribution in [0.15, 0.2) is 24.3 Å². The molecule has 0 saturated heterocycles. The van der Waals surface area contributed by atoms with E-state index in [4.69, 9.17) is 5.14 Å². The molecule has 3 nitrogen and oxygen atoms in total. The smallest absolute Gasteiger partial charge is 0.164 e. The first kappa shape index (κ1) is 12.4. The van der Waals surface area contributed by atoms with Gasteiger partial charge in [-0.2, -0.15) is 0 Å². The van der Waals surface area contributed by atoms with Crippen molar-refractivity contribution < 1.29 is 4.21 Å². The van der Waals surface area contributed by atoms with E-state index in [2.05, 4.69) is 30.7 Å². The highest BCUT2D eigenvalue weighted by molar-refractivity contribution is 7.80. The van der Waals surface area contributed by atoms with Crippen LogP contribution < -0.4 is 9.86 Å². The summed E-state index contributed by atoms with van der Waals surface area (Å²) in [5.74, 6) is 0.672. The Kier molecular flexibility index (Phi) is 4.94. The van der Waals surface area contributed by atoms with Crippen LogP contribution in [0.5, 0.6) is 0 Å². The molecule has 0 heterocycles. The van der Waals surface area contributed by atoms with Crippen molar-refractivity contribution in [3.63, 3.8) is 0 Å². The van der Waals surface area contributed by atoms with Gasteiger partial charge in [-0.1, -0.05) is 38.1 Å². The Morgan fingerprint density at radius 1 is 1.27 bits per heavy atom. The lowest BCUT2D eigenvalue weighted by atomic mass is 10.0. The van der Waals surface area contributed by atoms with Gasteiger partial charge >= 0.3 is 0 Å². The van der Waals surface area contributed by atoms with Gasteiger partial charge in [0.05, 0.1) is 0 Å². The fourth-order valence-corrected chi connectivity index (χ4v) is 1.73. The van der Waals surface area contributed by atoms with Gasteiger partial charge in [0.15, 0.2) is 11.2 Å².